The molecule has 30 heavy (non-hydrogen) atoms. The fourth-order valence-electron chi connectivity index (χ4n) is 3.77. The normalized spacial score (nSPS) is 16.2. The van der Waals surface area contributed by atoms with Gasteiger partial charge in [0.1, 0.15) is 5.56 Å². The highest BCUT2D eigenvalue weighted by atomic mass is 16.2. The van der Waals surface area contributed by atoms with Crippen molar-refractivity contribution in [3.8, 4) is 0 Å². The quantitative estimate of drug-likeness (QED) is 0.680. The van der Waals surface area contributed by atoms with Gasteiger partial charge >= 0.3 is 0 Å². The summed E-state index contributed by atoms with van der Waals surface area (Å²) in [6, 6.07) is 7.44. The van der Waals surface area contributed by atoms with Crippen molar-refractivity contribution < 1.29 is 9.59 Å². The first kappa shape index (κ1) is 21.8. The molecule has 0 spiro atoms. The van der Waals surface area contributed by atoms with Crippen LogP contribution in [0.15, 0.2) is 35.3 Å². The Morgan fingerprint density at radius 2 is 1.97 bits per heavy atom. The Kier molecular flexibility index (Phi) is 7.05. The van der Waals surface area contributed by atoms with Gasteiger partial charge in [0.2, 0.25) is 5.91 Å². The Morgan fingerprint density at radius 3 is 2.70 bits per heavy atom. The van der Waals surface area contributed by atoms with E-state index in [-0.39, 0.29) is 23.6 Å². The van der Waals surface area contributed by atoms with Gasteiger partial charge in [-0.05, 0) is 81.4 Å². The molecule has 1 aromatic heterocycles. The topological polar surface area (TPSA) is 92.2 Å². The number of nitrogens with zero attached hydrogens (tertiary/aromatic N) is 1. The second-order valence-electron chi connectivity index (χ2n) is 8.02. The van der Waals surface area contributed by atoms with E-state index < -0.39 is 5.91 Å². The average molecular weight is 411 g/mol. The first-order valence-corrected chi connectivity index (χ1v) is 10.4. The van der Waals surface area contributed by atoms with Crippen LogP contribution >= 0.6 is 0 Å². The van der Waals surface area contributed by atoms with E-state index in [2.05, 4.69) is 16.0 Å². The Bertz CT molecular complexity index is 990. The molecule has 1 fully saturated rings. The SMILES string of the molecule is Cc1cccc(NC(=O)CNC(=O)c2c(C)ccn(CC3CCCNC3)c2=O)c1C. The molecule has 1 unspecified atom stereocenters. The van der Waals surface area contributed by atoms with Gasteiger partial charge in [0.05, 0.1) is 6.54 Å². The number of nitrogens with one attached hydrogen (secondary N) is 3. The van der Waals surface area contributed by atoms with Crippen LogP contribution in [-0.4, -0.2) is 36.0 Å². The van der Waals surface area contributed by atoms with Gasteiger partial charge in [-0.15, -0.1) is 0 Å². The van der Waals surface area contributed by atoms with E-state index in [4.69, 9.17) is 0 Å². The highest BCUT2D eigenvalue weighted by Gasteiger charge is 2.19. The lowest BCUT2D eigenvalue weighted by Gasteiger charge is -2.23. The maximum absolute atomic E-state index is 12.9. The van der Waals surface area contributed by atoms with Crippen molar-refractivity contribution in [2.24, 2.45) is 5.92 Å². The molecule has 7 heteroatoms. The first-order chi connectivity index (χ1) is 14.4. The van der Waals surface area contributed by atoms with E-state index in [1.807, 2.05) is 32.0 Å². The maximum atomic E-state index is 12.9. The predicted molar refractivity (Wildman–Crippen MR) is 118 cm³/mol. The number of piperidine rings is 1. The van der Waals surface area contributed by atoms with E-state index in [9.17, 15) is 14.4 Å². The van der Waals surface area contributed by atoms with Crippen LogP contribution in [0.3, 0.4) is 0 Å². The minimum Gasteiger partial charge on any atom is -0.343 e. The highest BCUT2D eigenvalue weighted by Crippen LogP contribution is 2.17. The molecule has 2 amide bonds. The van der Waals surface area contributed by atoms with Gasteiger partial charge in [-0.3, -0.25) is 14.4 Å². The number of hydrogen-bond donors (Lipinski definition) is 3. The van der Waals surface area contributed by atoms with Gasteiger partial charge in [-0.1, -0.05) is 12.1 Å². The second-order valence-corrected chi connectivity index (χ2v) is 8.02. The minimum absolute atomic E-state index is 0.0980. The summed E-state index contributed by atoms with van der Waals surface area (Å²) in [6.07, 6.45) is 3.90. The third kappa shape index (κ3) is 5.16. The van der Waals surface area contributed by atoms with Gasteiger partial charge in [0.15, 0.2) is 0 Å². The number of benzene rings is 1. The third-order valence-electron chi connectivity index (χ3n) is 5.74. The van der Waals surface area contributed by atoms with Gasteiger partial charge in [0, 0.05) is 18.4 Å². The Balaban J connectivity index is 1.65. The molecule has 0 radical (unpaired) electrons. The summed E-state index contributed by atoms with van der Waals surface area (Å²) < 4.78 is 1.61. The van der Waals surface area contributed by atoms with Gasteiger partial charge < -0.3 is 20.5 Å². The van der Waals surface area contributed by atoms with Crippen LogP contribution in [0.1, 0.15) is 39.9 Å². The largest absolute Gasteiger partial charge is 0.343 e. The van der Waals surface area contributed by atoms with Crippen molar-refractivity contribution in [2.45, 2.75) is 40.2 Å². The molecule has 0 aliphatic carbocycles. The van der Waals surface area contributed by atoms with Crippen LogP contribution < -0.4 is 21.5 Å². The van der Waals surface area contributed by atoms with Crippen molar-refractivity contribution >= 4 is 17.5 Å². The smallest absolute Gasteiger partial charge is 0.263 e. The molecule has 0 saturated carbocycles. The van der Waals surface area contributed by atoms with Crippen LogP contribution in [0, 0.1) is 26.7 Å². The van der Waals surface area contributed by atoms with E-state index >= 15 is 0 Å². The summed E-state index contributed by atoms with van der Waals surface area (Å²) in [5, 5.41) is 8.74. The highest BCUT2D eigenvalue weighted by molar-refractivity contribution is 6.00. The number of pyridine rings is 1. The summed E-state index contributed by atoms with van der Waals surface area (Å²) in [7, 11) is 0. The van der Waals surface area contributed by atoms with Gasteiger partial charge in [0.25, 0.3) is 11.5 Å². The summed E-state index contributed by atoms with van der Waals surface area (Å²) in [4.78, 5) is 37.9. The molecule has 2 aromatic rings. The number of carbonyl (C=O) groups is 2. The summed E-state index contributed by atoms with van der Waals surface area (Å²) in [5.41, 5.74) is 3.16. The zero-order valence-electron chi connectivity index (χ0n) is 17.9. The molecule has 1 aliphatic heterocycles. The molecule has 1 aliphatic rings. The van der Waals surface area contributed by atoms with Crippen LogP contribution in [-0.2, 0) is 11.3 Å². The van der Waals surface area contributed by atoms with E-state index in [0.717, 1.165) is 37.1 Å². The average Bonchev–Trinajstić information content (AvgIpc) is 2.73. The fourth-order valence-corrected chi connectivity index (χ4v) is 3.77. The molecule has 3 rings (SSSR count). The van der Waals surface area contributed by atoms with Crippen molar-refractivity contribution in [2.75, 3.05) is 25.0 Å². The van der Waals surface area contributed by atoms with Crippen molar-refractivity contribution in [3.63, 3.8) is 0 Å². The molecule has 1 aromatic carbocycles. The van der Waals surface area contributed by atoms with Crippen LogP contribution in [0.5, 0.6) is 0 Å². The van der Waals surface area contributed by atoms with Crippen LogP contribution in [0.4, 0.5) is 5.69 Å². The lowest BCUT2D eigenvalue weighted by atomic mass is 9.99. The van der Waals surface area contributed by atoms with Crippen molar-refractivity contribution in [1.29, 1.82) is 0 Å². The molecule has 160 valence electrons. The van der Waals surface area contributed by atoms with Crippen molar-refractivity contribution in [3.05, 3.63) is 63.1 Å². The standard InChI is InChI=1S/C23H30N4O3/c1-15-6-4-8-19(17(15)3)26-20(28)13-25-22(29)21-16(2)9-11-27(23(21)30)14-18-7-5-10-24-12-18/h4,6,8-9,11,18,24H,5,7,10,12-14H2,1-3H3,(H,25,29)(H,26,28). The third-order valence-corrected chi connectivity index (χ3v) is 5.74. The lowest BCUT2D eigenvalue weighted by molar-refractivity contribution is -0.115. The van der Waals surface area contributed by atoms with E-state index in [1.165, 1.54) is 0 Å². The molecule has 2 heterocycles. The molecule has 1 atom stereocenters. The minimum atomic E-state index is -0.523. The molecule has 7 nitrogen and oxygen atoms in total. The van der Waals surface area contributed by atoms with Crippen LogP contribution in [0.2, 0.25) is 0 Å². The first-order valence-electron chi connectivity index (χ1n) is 10.4. The number of amides is 2. The summed E-state index contributed by atoms with van der Waals surface area (Å²) in [5.74, 6) is -0.484. The van der Waals surface area contributed by atoms with Gasteiger partial charge in [-0.2, -0.15) is 0 Å². The molecule has 0 bridgehead atoms. The number of rotatable bonds is 6. The number of aromatic nitrogens is 1. The number of carbonyl (C=O) groups excluding carboxylic acids is 2. The van der Waals surface area contributed by atoms with E-state index in [0.29, 0.717) is 23.7 Å². The van der Waals surface area contributed by atoms with Crippen molar-refractivity contribution in [1.82, 2.24) is 15.2 Å². The molecular weight excluding hydrogens is 380 g/mol. The predicted octanol–water partition coefficient (Wildman–Crippen LogP) is 2.14. The maximum Gasteiger partial charge on any atom is 0.263 e. The molecule has 1 saturated heterocycles. The lowest BCUT2D eigenvalue weighted by Crippen LogP contribution is -2.39. The second kappa shape index (κ2) is 9.71. The van der Waals surface area contributed by atoms with Crippen LogP contribution in [0.25, 0.3) is 0 Å². The Morgan fingerprint density at radius 1 is 1.17 bits per heavy atom. The Labute approximate surface area is 176 Å². The fraction of sp³-hybridized carbons (Fsp3) is 0.435. The van der Waals surface area contributed by atoms with E-state index in [1.54, 1.807) is 23.8 Å². The number of hydrogen-bond acceptors (Lipinski definition) is 4. The summed E-state index contributed by atoms with van der Waals surface area (Å²) >= 11 is 0. The molecule has 3 N–H and O–H groups in total. The Hall–Kier alpha value is -2.93. The zero-order valence-corrected chi connectivity index (χ0v) is 17.9. The zero-order chi connectivity index (χ0) is 21.7. The number of aryl methyl sites for hydroxylation is 2. The molecular formula is C23H30N4O3. The number of anilines is 1. The van der Waals surface area contributed by atoms with Gasteiger partial charge in [-0.25, -0.2) is 0 Å². The monoisotopic (exact) mass is 410 g/mol. The summed E-state index contributed by atoms with van der Waals surface area (Å²) in [6.45, 7) is 7.91.